The molecule has 0 spiro atoms. The van der Waals surface area contributed by atoms with Gasteiger partial charge >= 0.3 is 5.76 Å². The number of oxazole rings is 1. The number of carbonyl (C=O) groups excluding carboxylic acids is 1. The third-order valence-corrected chi connectivity index (χ3v) is 7.71. The Morgan fingerprint density at radius 2 is 1.93 bits per heavy atom. The van der Waals surface area contributed by atoms with Gasteiger partial charge in [-0.2, -0.15) is 0 Å². The average Bonchev–Trinajstić information content (AvgIpc) is 3.31. The van der Waals surface area contributed by atoms with Crippen molar-refractivity contribution in [1.82, 2.24) is 14.2 Å². The van der Waals surface area contributed by atoms with Crippen LogP contribution in [-0.4, -0.2) is 42.9 Å². The van der Waals surface area contributed by atoms with Crippen molar-refractivity contribution in [3.63, 3.8) is 0 Å². The van der Waals surface area contributed by atoms with Crippen LogP contribution in [0.25, 0.3) is 11.1 Å². The molecule has 0 aliphatic carbocycles. The van der Waals surface area contributed by atoms with Crippen LogP contribution in [0, 0.1) is 0 Å². The summed E-state index contributed by atoms with van der Waals surface area (Å²) < 4.78 is 34.1. The lowest BCUT2D eigenvalue weighted by Gasteiger charge is -2.32. The van der Waals surface area contributed by atoms with Gasteiger partial charge in [0.05, 0.1) is 5.52 Å². The molecule has 0 atom stereocenters. The highest BCUT2D eigenvalue weighted by molar-refractivity contribution is 7.91. The number of rotatable bonds is 5. The van der Waals surface area contributed by atoms with Crippen molar-refractivity contribution in [2.75, 3.05) is 13.1 Å². The fourth-order valence-electron chi connectivity index (χ4n) is 3.34. The predicted octanol–water partition coefficient (Wildman–Crippen LogP) is 1.63. The largest absolute Gasteiger partial charge is 0.420 e. The highest BCUT2D eigenvalue weighted by atomic mass is 32.2. The number of sulfonamides is 1. The maximum atomic E-state index is 12.6. The standard InChI is InChI=1S/C18H19N3O5S2/c22-16(12-21-14-4-1-2-5-15(14)26-18(21)23)20-9-7-13(8-10-20)19-28(24,25)17-6-3-11-27-17/h1-6,11,13,19H,7-10,12H2. The molecular weight excluding hydrogens is 402 g/mol. The van der Waals surface area contributed by atoms with Gasteiger partial charge in [-0.1, -0.05) is 18.2 Å². The molecule has 148 valence electrons. The molecule has 2 aromatic heterocycles. The minimum Gasteiger partial charge on any atom is -0.408 e. The summed E-state index contributed by atoms with van der Waals surface area (Å²) in [4.78, 5) is 26.3. The molecule has 0 radical (unpaired) electrons. The summed E-state index contributed by atoms with van der Waals surface area (Å²) in [6.07, 6.45) is 1.05. The van der Waals surface area contributed by atoms with Gasteiger partial charge in [-0.3, -0.25) is 9.36 Å². The Kier molecular flexibility index (Phi) is 5.09. The van der Waals surface area contributed by atoms with E-state index in [1.54, 1.807) is 46.7 Å². The van der Waals surface area contributed by atoms with Crippen LogP contribution in [-0.2, 0) is 21.4 Å². The van der Waals surface area contributed by atoms with Crippen LogP contribution in [0.15, 0.2) is 55.2 Å². The van der Waals surface area contributed by atoms with Gasteiger partial charge < -0.3 is 9.32 Å². The van der Waals surface area contributed by atoms with E-state index in [9.17, 15) is 18.0 Å². The van der Waals surface area contributed by atoms with Gasteiger partial charge in [0.1, 0.15) is 10.8 Å². The van der Waals surface area contributed by atoms with Crippen molar-refractivity contribution in [1.29, 1.82) is 0 Å². The van der Waals surface area contributed by atoms with E-state index in [0.29, 0.717) is 37.0 Å². The molecule has 4 rings (SSSR count). The highest BCUT2D eigenvalue weighted by Crippen LogP contribution is 2.19. The summed E-state index contributed by atoms with van der Waals surface area (Å²) in [7, 11) is -3.52. The number of carbonyl (C=O) groups is 1. The second-order valence-corrected chi connectivity index (χ2v) is 9.52. The van der Waals surface area contributed by atoms with E-state index >= 15 is 0 Å². The maximum absolute atomic E-state index is 12.6. The van der Waals surface area contributed by atoms with E-state index in [1.165, 1.54) is 15.9 Å². The maximum Gasteiger partial charge on any atom is 0.420 e. The van der Waals surface area contributed by atoms with Crippen molar-refractivity contribution >= 4 is 38.4 Å². The Labute approximate surface area is 165 Å². The first-order valence-corrected chi connectivity index (χ1v) is 11.2. The van der Waals surface area contributed by atoms with E-state index < -0.39 is 15.8 Å². The lowest BCUT2D eigenvalue weighted by molar-refractivity contribution is -0.132. The number of nitrogens with zero attached hydrogens (tertiary/aromatic N) is 2. The molecule has 0 unspecified atom stereocenters. The van der Waals surface area contributed by atoms with Crippen LogP contribution in [0.3, 0.4) is 0 Å². The molecule has 1 fully saturated rings. The molecule has 1 aliphatic rings. The van der Waals surface area contributed by atoms with Gasteiger partial charge in [-0.05, 0) is 36.4 Å². The highest BCUT2D eigenvalue weighted by Gasteiger charge is 2.27. The number of hydrogen-bond acceptors (Lipinski definition) is 6. The number of thiophene rings is 1. The normalized spacial score (nSPS) is 15.9. The predicted molar refractivity (Wildman–Crippen MR) is 105 cm³/mol. The summed E-state index contributed by atoms with van der Waals surface area (Å²) >= 11 is 1.17. The first kappa shape index (κ1) is 18.9. The van der Waals surface area contributed by atoms with E-state index in [1.807, 2.05) is 0 Å². The first-order chi connectivity index (χ1) is 13.4. The first-order valence-electron chi connectivity index (χ1n) is 8.86. The lowest BCUT2D eigenvalue weighted by Crippen LogP contribution is -2.47. The fourth-order valence-corrected chi connectivity index (χ4v) is 5.65. The summed E-state index contributed by atoms with van der Waals surface area (Å²) in [5.41, 5.74) is 1.03. The zero-order chi connectivity index (χ0) is 19.7. The molecular formula is C18H19N3O5S2. The monoisotopic (exact) mass is 421 g/mol. The fraction of sp³-hybridized carbons (Fsp3) is 0.333. The van der Waals surface area contributed by atoms with Gasteiger partial charge in [-0.25, -0.2) is 17.9 Å². The Hall–Kier alpha value is -2.43. The minimum atomic E-state index is -3.52. The number of benzene rings is 1. The average molecular weight is 422 g/mol. The third-order valence-electron chi connectivity index (χ3n) is 4.80. The molecule has 1 aromatic carbocycles. The molecule has 0 bridgehead atoms. The number of nitrogens with one attached hydrogen (secondary N) is 1. The van der Waals surface area contributed by atoms with Gasteiger partial charge in [0.15, 0.2) is 5.58 Å². The molecule has 0 saturated carbocycles. The van der Waals surface area contributed by atoms with Gasteiger partial charge in [0.2, 0.25) is 15.9 Å². The molecule has 1 amide bonds. The number of aromatic nitrogens is 1. The van der Waals surface area contributed by atoms with Crippen molar-refractivity contribution in [2.45, 2.75) is 29.6 Å². The summed E-state index contributed by atoms with van der Waals surface area (Å²) in [6, 6.07) is 10.0. The van der Waals surface area contributed by atoms with Crippen molar-refractivity contribution in [3.8, 4) is 0 Å². The SMILES string of the molecule is O=C(Cn1c(=O)oc2ccccc21)N1CCC(NS(=O)(=O)c2cccs2)CC1. The molecule has 28 heavy (non-hydrogen) atoms. The molecule has 3 aromatic rings. The zero-order valence-electron chi connectivity index (χ0n) is 14.9. The number of hydrogen-bond donors (Lipinski definition) is 1. The number of amides is 1. The van der Waals surface area contributed by atoms with Crippen LogP contribution >= 0.6 is 11.3 Å². The van der Waals surface area contributed by atoms with Gasteiger partial charge in [0.25, 0.3) is 0 Å². The van der Waals surface area contributed by atoms with Crippen LogP contribution < -0.4 is 10.5 Å². The van der Waals surface area contributed by atoms with Gasteiger partial charge in [-0.15, -0.1) is 11.3 Å². The second kappa shape index (κ2) is 7.53. The molecule has 1 N–H and O–H groups in total. The number of para-hydroxylation sites is 2. The van der Waals surface area contributed by atoms with Crippen molar-refractivity contribution in [2.24, 2.45) is 0 Å². The lowest BCUT2D eigenvalue weighted by atomic mass is 10.1. The summed E-state index contributed by atoms with van der Waals surface area (Å²) in [5.74, 6) is -0.749. The van der Waals surface area contributed by atoms with Crippen molar-refractivity contribution in [3.05, 3.63) is 52.3 Å². The van der Waals surface area contributed by atoms with Crippen LogP contribution in [0.2, 0.25) is 0 Å². The quantitative estimate of drug-likeness (QED) is 0.675. The molecule has 1 saturated heterocycles. The molecule has 1 aliphatic heterocycles. The number of piperidine rings is 1. The second-order valence-electron chi connectivity index (χ2n) is 6.63. The Morgan fingerprint density at radius 3 is 2.64 bits per heavy atom. The van der Waals surface area contributed by atoms with E-state index in [0.717, 1.165) is 0 Å². The topological polar surface area (TPSA) is 102 Å². The Balaban J connectivity index is 1.38. The molecule has 10 heteroatoms. The van der Waals surface area contributed by atoms with E-state index in [2.05, 4.69) is 4.72 Å². The Morgan fingerprint density at radius 1 is 1.18 bits per heavy atom. The van der Waals surface area contributed by atoms with Crippen LogP contribution in [0.5, 0.6) is 0 Å². The van der Waals surface area contributed by atoms with E-state index in [-0.39, 0.29) is 22.7 Å². The molecule has 3 heterocycles. The van der Waals surface area contributed by atoms with E-state index in [4.69, 9.17) is 4.42 Å². The zero-order valence-corrected chi connectivity index (χ0v) is 16.5. The Bertz CT molecular complexity index is 1140. The summed E-state index contributed by atoms with van der Waals surface area (Å²) in [6.45, 7) is 0.767. The van der Waals surface area contributed by atoms with Crippen molar-refractivity contribution < 1.29 is 17.6 Å². The molecule has 8 nitrogen and oxygen atoms in total. The van der Waals surface area contributed by atoms with Crippen LogP contribution in [0.1, 0.15) is 12.8 Å². The smallest absolute Gasteiger partial charge is 0.408 e. The third kappa shape index (κ3) is 3.75. The number of likely N-dealkylation sites (tertiary alicyclic amines) is 1. The minimum absolute atomic E-state index is 0.0958. The summed E-state index contributed by atoms with van der Waals surface area (Å²) in [5, 5.41) is 1.72. The van der Waals surface area contributed by atoms with Crippen LogP contribution in [0.4, 0.5) is 0 Å². The number of fused-ring (bicyclic) bond motifs is 1. The van der Waals surface area contributed by atoms with Gasteiger partial charge in [0, 0.05) is 19.1 Å².